The minimum absolute atomic E-state index is 0.339. The summed E-state index contributed by atoms with van der Waals surface area (Å²) in [4.78, 5) is 24.9. The Hall–Kier alpha value is -4.13. The minimum Gasteiger partial charge on any atom is -0.456 e. The maximum atomic E-state index is 13.1. The quantitative estimate of drug-likeness (QED) is 0.537. The molecule has 1 N–H and O–H groups in total. The van der Waals surface area contributed by atoms with Gasteiger partial charge < -0.3 is 10.1 Å². The number of hydrogen-bond acceptors (Lipinski definition) is 5. The molecular formula is C22H15FN4O2. The number of pyridine rings is 1. The van der Waals surface area contributed by atoms with Crippen LogP contribution in [0.3, 0.4) is 0 Å². The number of anilines is 1. The zero-order valence-corrected chi connectivity index (χ0v) is 15.1. The number of halogens is 1. The van der Waals surface area contributed by atoms with Crippen LogP contribution in [0.1, 0.15) is 10.4 Å². The van der Waals surface area contributed by atoms with Crippen molar-refractivity contribution in [2.45, 2.75) is 0 Å². The molecule has 0 aliphatic heterocycles. The van der Waals surface area contributed by atoms with Crippen LogP contribution >= 0.6 is 0 Å². The van der Waals surface area contributed by atoms with Gasteiger partial charge in [-0.05, 0) is 48.5 Å². The number of aromatic nitrogens is 3. The average molecular weight is 386 g/mol. The topological polar surface area (TPSA) is 77.0 Å². The first-order chi connectivity index (χ1) is 14.2. The molecule has 6 nitrogen and oxygen atoms in total. The minimum atomic E-state index is -0.404. The molecule has 2 heterocycles. The second-order valence-corrected chi connectivity index (χ2v) is 6.09. The summed E-state index contributed by atoms with van der Waals surface area (Å²) in [5.41, 5.74) is 2.18. The van der Waals surface area contributed by atoms with Gasteiger partial charge in [-0.3, -0.25) is 19.7 Å². The van der Waals surface area contributed by atoms with Crippen LogP contribution in [-0.2, 0) is 0 Å². The zero-order chi connectivity index (χ0) is 20.1. The highest BCUT2D eigenvalue weighted by Crippen LogP contribution is 2.30. The average Bonchev–Trinajstić information content (AvgIpc) is 2.75. The van der Waals surface area contributed by atoms with Gasteiger partial charge in [-0.15, -0.1) is 0 Å². The van der Waals surface area contributed by atoms with Crippen molar-refractivity contribution < 1.29 is 13.9 Å². The number of amides is 1. The lowest BCUT2D eigenvalue weighted by atomic mass is 10.1. The molecule has 0 unspecified atom stereocenters. The molecule has 0 radical (unpaired) electrons. The Morgan fingerprint density at radius 2 is 1.72 bits per heavy atom. The molecule has 1 amide bonds. The summed E-state index contributed by atoms with van der Waals surface area (Å²) in [7, 11) is 0. The van der Waals surface area contributed by atoms with E-state index in [4.69, 9.17) is 4.74 Å². The van der Waals surface area contributed by atoms with Crippen molar-refractivity contribution in [1.82, 2.24) is 15.0 Å². The molecule has 0 saturated carbocycles. The molecule has 2 aromatic carbocycles. The van der Waals surface area contributed by atoms with E-state index in [-0.39, 0.29) is 5.91 Å². The monoisotopic (exact) mass is 386 g/mol. The standard InChI is InChI=1S/C22H15FN4O2/c23-17-5-3-15(4-6-17)22(28)27-18-10-16(21-14-25-8-9-26-21)11-20(12-18)29-19-2-1-7-24-13-19/h1-14H,(H,27,28). The SMILES string of the molecule is O=C(Nc1cc(Oc2cccnc2)cc(-c2cnccn2)c1)c1ccc(F)cc1. The Bertz CT molecular complexity index is 1120. The van der Waals surface area contributed by atoms with Gasteiger partial charge in [0.1, 0.15) is 17.3 Å². The van der Waals surface area contributed by atoms with Gasteiger partial charge in [0.25, 0.3) is 5.91 Å². The number of ether oxygens (including phenoxy) is 1. The summed E-state index contributed by atoms with van der Waals surface area (Å²) < 4.78 is 19.0. The van der Waals surface area contributed by atoms with Gasteiger partial charge in [0.15, 0.2) is 0 Å². The highest BCUT2D eigenvalue weighted by Gasteiger charge is 2.11. The summed E-state index contributed by atoms with van der Waals surface area (Å²) >= 11 is 0. The summed E-state index contributed by atoms with van der Waals surface area (Å²) in [5, 5.41) is 2.81. The van der Waals surface area contributed by atoms with Crippen molar-refractivity contribution in [1.29, 1.82) is 0 Å². The maximum absolute atomic E-state index is 13.1. The third-order valence-electron chi connectivity index (χ3n) is 4.00. The number of carbonyl (C=O) groups excluding carboxylic acids is 1. The Balaban J connectivity index is 1.67. The Kier molecular flexibility index (Phi) is 5.20. The van der Waals surface area contributed by atoms with E-state index in [9.17, 15) is 9.18 Å². The summed E-state index contributed by atoms with van der Waals surface area (Å²) in [5.74, 6) is 0.280. The first kappa shape index (κ1) is 18.2. The van der Waals surface area contributed by atoms with Crippen LogP contribution in [0.4, 0.5) is 10.1 Å². The molecule has 7 heteroatoms. The van der Waals surface area contributed by atoms with Gasteiger partial charge >= 0.3 is 0 Å². The molecule has 29 heavy (non-hydrogen) atoms. The van der Waals surface area contributed by atoms with Crippen LogP contribution in [-0.4, -0.2) is 20.9 Å². The van der Waals surface area contributed by atoms with E-state index >= 15 is 0 Å². The molecule has 0 fully saturated rings. The molecule has 0 spiro atoms. The van der Waals surface area contributed by atoms with Crippen molar-refractivity contribution >= 4 is 11.6 Å². The fourth-order valence-corrected chi connectivity index (χ4v) is 2.67. The lowest BCUT2D eigenvalue weighted by molar-refractivity contribution is 0.102. The third kappa shape index (κ3) is 4.59. The summed E-state index contributed by atoms with van der Waals surface area (Å²) in [6, 6.07) is 14.1. The van der Waals surface area contributed by atoms with Gasteiger partial charge in [-0.1, -0.05) is 0 Å². The van der Waals surface area contributed by atoms with E-state index in [2.05, 4.69) is 20.3 Å². The number of benzene rings is 2. The van der Waals surface area contributed by atoms with Crippen molar-refractivity contribution in [2.75, 3.05) is 5.32 Å². The smallest absolute Gasteiger partial charge is 0.255 e. The van der Waals surface area contributed by atoms with Crippen LogP contribution in [0.2, 0.25) is 0 Å². The largest absolute Gasteiger partial charge is 0.456 e. The van der Waals surface area contributed by atoms with Gasteiger partial charge in [-0.2, -0.15) is 0 Å². The van der Waals surface area contributed by atoms with E-state index in [1.807, 2.05) is 0 Å². The van der Waals surface area contributed by atoms with E-state index in [1.165, 1.54) is 24.3 Å². The molecule has 0 saturated heterocycles. The van der Waals surface area contributed by atoms with Crippen molar-refractivity contribution in [3.05, 3.63) is 97.0 Å². The van der Waals surface area contributed by atoms with E-state index in [0.717, 1.165) is 0 Å². The number of nitrogens with one attached hydrogen (secondary N) is 1. The van der Waals surface area contributed by atoms with E-state index in [0.29, 0.717) is 34.0 Å². The highest BCUT2D eigenvalue weighted by atomic mass is 19.1. The number of nitrogens with zero attached hydrogens (tertiary/aromatic N) is 3. The molecular weight excluding hydrogens is 371 g/mol. The highest BCUT2D eigenvalue weighted by molar-refractivity contribution is 6.04. The summed E-state index contributed by atoms with van der Waals surface area (Å²) in [6.07, 6.45) is 8.02. The van der Waals surface area contributed by atoms with Crippen molar-refractivity contribution in [2.24, 2.45) is 0 Å². The fourth-order valence-electron chi connectivity index (χ4n) is 2.67. The van der Waals surface area contributed by atoms with E-state index < -0.39 is 5.82 Å². The van der Waals surface area contributed by atoms with Gasteiger partial charge in [0.05, 0.1) is 18.1 Å². The second-order valence-electron chi connectivity index (χ2n) is 6.09. The zero-order valence-electron chi connectivity index (χ0n) is 15.1. The third-order valence-corrected chi connectivity index (χ3v) is 4.00. The van der Waals surface area contributed by atoms with Gasteiger partial charge in [0, 0.05) is 41.5 Å². The molecule has 142 valence electrons. The Labute approximate surface area is 166 Å². The van der Waals surface area contributed by atoms with Crippen LogP contribution < -0.4 is 10.1 Å². The second kappa shape index (κ2) is 8.26. The van der Waals surface area contributed by atoms with Crippen LogP contribution in [0, 0.1) is 5.82 Å². The maximum Gasteiger partial charge on any atom is 0.255 e. The predicted molar refractivity (Wildman–Crippen MR) is 106 cm³/mol. The number of carbonyl (C=O) groups is 1. The number of rotatable bonds is 5. The fraction of sp³-hybridized carbons (Fsp3) is 0. The molecule has 4 aromatic rings. The van der Waals surface area contributed by atoms with Gasteiger partial charge in [0.2, 0.25) is 0 Å². The Morgan fingerprint density at radius 1 is 0.897 bits per heavy atom. The van der Waals surface area contributed by atoms with Crippen molar-refractivity contribution in [3.63, 3.8) is 0 Å². The van der Waals surface area contributed by atoms with Gasteiger partial charge in [-0.25, -0.2) is 4.39 Å². The lowest BCUT2D eigenvalue weighted by Gasteiger charge is -2.12. The molecule has 4 rings (SSSR count). The first-order valence-electron chi connectivity index (χ1n) is 8.74. The molecule has 0 aliphatic carbocycles. The van der Waals surface area contributed by atoms with Crippen molar-refractivity contribution in [3.8, 4) is 22.8 Å². The van der Waals surface area contributed by atoms with E-state index in [1.54, 1.807) is 61.3 Å². The molecule has 2 aromatic heterocycles. The normalized spacial score (nSPS) is 10.4. The predicted octanol–water partition coefficient (Wildman–Crippen LogP) is 4.72. The summed E-state index contributed by atoms with van der Waals surface area (Å²) in [6.45, 7) is 0. The van der Waals surface area contributed by atoms with Crippen LogP contribution in [0.25, 0.3) is 11.3 Å². The first-order valence-corrected chi connectivity index (χ1v) is 8.74. The molecule has 0 aliphatic rings. The Morgan fingerprint density at radius 3 is 2.45 bits per heavy atom. The molecule has 0 atom stereocenters. The number of hydrogen-bond donors (Lipinski definition) is 1. The van der Waals surface area contributed by atoms with Crippen LogP contribution in [0.15, 0.2) is 85.6 Å². The molecule has 0 bridgehead atoms. The van der Waals surface area contributed by atoms with Crippen LogP contribution in [0.5, 0.6) is 11.5 Å². The lowest BCUT2D eigenvalue weighted by Crippen LogP contribution is -2.12.